The lowest BCUT2D eigenvalue weighted by atomic mass is 10.2. The fourth-order valence-electron chi connectivity index (χ4n) is 1.68. The molecule has 0 unspecified atom stereocenters. The number of aromatic nitrogens is 3. The standard InChI is InChI=1S/C14H18N4O3S/c1-18(2)12(19)8-22-14-15-13(16-17-14)10-6-5-9(20-3)7-11(10)21-4/h5-7H,8H2,1-4H3,(H,15,16,17). The molecule has 1 aromatic carbocycles. The highest BCUT2D eigenvalue weighted by Gasteiger charge is 2.13. The van der Waals surface area contributed by atoms with Crippen LogP contribution in [0.3, 0.4) is 0 Å². The lowest BCUT2D eigenvalue weighted by molar-refractivity contribution is -0.125. The first-order chi connectivity index (χ1) is 10.5. The summed E-state index contributed by atoms with van der Waals surface area (Å²) in [7, 11) is 6.61. The summed E-state index contributed by atoms with van der Waals surface area (Å²) in [5.74, 6) is 2.23. The van der Waals surface area contributed by atoms with Gasteiger partial charge in [0.25, 0.3) is 0 Å². The third-order valence-electron chi connectivity index (χ3n) is 2.95. The monoisotopic (exact) mass is 322 g/mol. The van der Waals surface area contributed by atoms with Gasteiger partial charge in [-0.2, -0.15) is 0 Å². The van der Waals surface area contributed by atoms with Crippen LogP contribution in [0.5, 0.6) is 11.5 Å². The van der Waals surface area contributed by atoms with Gasteiger partial charge >= 0.3 is 0 Å². The van der Waals surface area contributed by atoms with Crippen molar-refractivity contribution in [2.75, 3.05) is 34.1 Å². The van der Waals surface area contributed by atoms with Crippen LogP contribution in [-0.2, 0) is 4.79 Å². The molecule has 118 valence electrons. The second kappa shape index (κ2) is 7.17. The number of aromatic amines is 1. The molecule has 22 heavy (non-hydrogen) atoms. The van der Waals surface area contributed by atoms with Gasteiger partial charge in [-0.15, -0.1) is 5.10 Å². The predicted octanol–water partition coefficient (Wildman–Crippen LogP) is 1.67. The third-order valence-corrected chi connectivity index (χ3v) is 3.78. The van der Waals surface area contributed by atoms with Crippen LogP contribution in [0.15, 0.2) is 23.4 Å². The molecule has 0 aliphatic carbocycles. The van der Waals surface area contributed by atoms with Crippen molar-refractivity contribution in [1.82, 2.24) is 20.1 Å². The van der Waals surface area contributed by atoms with E-state index >= 15 is 0 Å². The average Bonchev–Trinajstić information content (AvgIpc) is 3.00. The molecule has 1 heterocycles. The van der Waals surface area contributed by atoms with E-state index in [1.807, 2.05) is 12.1 Å². The van der Waals surface area contributed by atoms with E-state index < -0.39 is 0 Å². The van der Waals surface area contributed by atoms with Gasteiger partial charge in [0, 0.05) is 20.2 Å². The van der Waals surface area contributed by atoms with Gasteiger partial charge in [-0.25, -0.2) is 4.98 Å². The zero-order chi connectivity index (χ0) is 16.1. The van der Waals surface area contributed by atoms with E-state index in [1.54, 1.807) is 34.4 Å². The molecule has 0 radical (unpaired) electrons. The number of hydrogen-bond donors (Lipinski definition) is 1. The van der Waals surface area contributed by atoms with Crippen LogP contribution in [0.25, 0.3) is 11.4 Å². The number of carbonyl (C=O) groups excluding carboxylic acids is 1. The predicted molar refractivity (Wildman–Crippen MR) is 84.3 cm³/mol. The Morgan fingerprint density at radius 3 is 2.73 bits per heavy atom. The molecule has 8 heteroatoms. The Balaban J connectivity index is 2.16. The highest BCUT2D eigenvalue weighted by Crippen LogP contribution is 2.31. The molecule has 1 amide bonds. The maximum absolute atomic E-state index is 11.6. The topological polar surface area (TPSA) is 80.3 Å². The van der Waals surface area contributed by atoms with Crippen molar-refractivity contribution in [2.24, 2.45) is 0 Å². The van der Waals surface area contributed by atoms with Crippen LogP contribution < -0.4 is 9.47 Å². The van der Waals surface area contributed by atoms with E-state index in [9.17, 15) is 4.79 Å². The lowest BCUT2D eigenvalue weighted by Crippen LogP contribution is -2.23. The van der Waals surface area contributed by atoms with Gasteiger partial charge in [-0.05, 0) is 12.1 Å². The summed E-state index contributed by atoms with van der Waals surface area (Å²) in [5, 5.41) is 7.49. The summed E-state index contributed by atoms with van der Waals surface area (Å²) in [6.45, 7) is 0. The highest BCUT2D eigenvalue weighted by molar-refractivity contribution is 7.99. The van der Waals surface area contributed by atoms with Crippen molar-refractivity contribution in [3.05, 3.63) is 18.2 Å². The maximum atomic E-state index is 11.6. The average molecular weight is 322 g/mol. The summed E-state index contributed by atoms with van der Waals surface area (Å²) >= 11 is 1.28. The second-order valence-corrected chi connectivity index (χ2v) is 5.55. The summed E-state index contributed by atoms with van der Waals surface area (Å²) in [5.41, 5.74) is 0.779. The molecule has 1 aromatic heterocycles. The number of methoxy groups -OCH3 is 2. The van der Waals surface area contributed by atoms with Crippen molar-refractivity contribution in [3.8, 4) is 22.9 Å². The number of thioether (sulfide) groups is 1. The fourth-order valence-corrected chi connectivity index (χ4v) is 2.46. The number of ether oxygens (including phenoxy) is 2. The summed E-state index contributed by atoms with van der Waals surface area (Å²) in [6, 6.07) is 5.45. The first-order valence-corrected chi connectivity index (χ1v) is 7.51. The quantitative estimate of drug-likeness (QED) is 0.815. The molecule has 2 rings (SSSR count). The fraction of sp³-hybridized carbons (Fsp3) is 0.357. The molecule has 0 fully saturated rings. The number of hydrogen-bond acceptors (Lipinski definition) is 6. The first-order valence-electron chi connectivity index (χ1n) is 6.53. The number of rotatable bonds is 6. The van der Waals surface area contributed by atoms with Crippen molar-refractivity contribution in [3.63, 3.8) is 0 Å². The number of amides is 1. The Morgan fingerprint density at radius 2 is 2.09 bits per heavy atom. The molecule has 0 bridgehead atoms. The van der Waals surface area contributed by atoms with E-state index in [0.717, 1.165) is 5.56 Å². The normalized spacial score (nSPS) is 10.4. The summed E-state index contributed by atoms with van der Waals surface area (Å²) in [4.78, 5) is 17.5. The highest BCUT2D eigenvalue weighted by atomic mass is 32.2. The minimum absolute atomic E-state index is 0.0124. The molecule has 0 spiro atoms. The molecule has 0 aliphatic rings. The van der Waals surface area contributed by atoms with Crippen LogP contribution in [0.4, 0.5) is 0 Å². The van der Waals surface area contributed by atoms with Crippen molar-refractivity contribution in [2.45, 2.75) is 5.16 Å². The molecule has 7 nitrogen and oxygen atoms in total. The van der Waals surface area contributed by atoms with Crippen LogP contribution in [0.1, 0.15) is 0 Å². The van der Waals surface area contributed by atoms with E-state index in [4.69, 9.17) is 9.47 Å². The molecule has 0 saturated heterocycles. The van der Waals surface area contributed by atoms with E-state index in [0.29, 0.717) is 28.2 Å². The van der Waals surface area contributed by atoms with E-state index in [2.05, 4.69) is 15.2 Å². The van der Waals surface area contributed by atoms with Gasteiger partial charge < -0.3 is 14.4 Å². The number of nitrogens with zero attached hydrogens (tertiary/aromatic N) is 3. The van der Waals surface area contributed by atoms with Crippen molar-refractivity contribution < 1.29 is 14.3 Å². The van der Waals surface area contributed by atoms with E-state index in [-0.39, 0.29) is 5.91 Å². The number of nitrogens with one attached hydrogen (secondary N) is 1. The smallest absolute Gasteiger partial charge is 0.232 e. The van der Waals surface area contributed by atoms with Crippen LogP contribution in [0, 0.1) is 0 Å². The van der Waals surface area contributed by atoms with Crippen LogP contribution >= 0.6 is 11.8 Å². The Bertz CT molecular complexity index is 657. The second-order valence-electron chi connectivity index (χ2n) is 4.61. The number of carbonyl (C=O) groups is 1. The molecule has 0 aliphatic heterocycles. The van der Waals surface area contributed by atoms with Gasteiger partial charge in [-0.3, -0.25) is 9.89 Å². The molecular weight excluding hydrogens is 304 g/mol. The molecule has 2 aromatic rings. The third kappa shape index (κ3) is 3.70. The van der Waals surface area contributed by atoms with Crippen molar-refractivity contribution >= 4 is 17.7 Å². The van der Waals surface area contributed by atoms with Crippen molar-refractivity contribution in [1.29, 1.82) is 0 Å². The van der Waals surface area contributed by atoms with Gasteiger partial charge in [0.15, 0.2) is 5.82 Å². The molecule has 0 atom stereocenters. The Morgan fingerprint density at radius 1 is 1.32 bits per heavy atom. The zero-order valence-corrected chi connectivity index (χ0v) is 13.7. The lowest BCUT2D eigenvalue weighted by Gasteiger charge is -2.08. The molecule has 1 N–H and O–H groups in total. The Labute approximate surface area is 133 Å². The van der Waals surface area contributed by atoms with Crippen LogP contribution in [-0.4, -0.2) is 60.1 Å². The minimum atomic E-state index is 0.0124. The Kier molecular flexibility index (Phi) is 5.26. The van der Waals surface area contributed by atoms with E-state index in [1.165, 1.54) is 16.7 Å². The number of benzene rings is 1. The maximum Gasteiger partial charge on any atom is 0.232 e. The Hall–Kier alpha value is -2.22. The molecule has 0 saturated carbocycles. The van der Waals surface area contributed by atoms with Gasteiger partial charge in [-0.1, -0.05) is 11.8 Å². The SMILES string of the molecule is COc1ccc(-c2nc(SCC(=O)N(C)C)n[nH]2)c(OC)c1. The van der Waals surface area contributed by atoms with Gasteiger partial charge in [0.2, 0.25) is 11.1 Å². The summed E-state index contributed by atoms with van der Waals surface area (Å²) < 4.78 is 10.5. The number of H-pyrrole nitrogens is 1. The molecular formula is C14H18N4O3S. The minimum Gasteiger partial charge on any atom is -0.497 e. The summed E-state index contributed by atoms with van der Waals surface area (Å²) in [6.07, 6.45) is 0. The zero-order valence-electron chi connectivity index (χ0n) is 12.9. The van der Waals surface area contributed by atoms with Crippen LogP contribution in [0.2, 0.25) is 0 Å². The first kappa shape index (κ1) is 16.2. The van der Waals surface area contributed by atoms with Gasteiger partial charge in [0.1, 0.15) is 11.5 Å². The largest absolute Gasteiger partial charge is 0.497 e. The van der Waals surface area contributed by atoms with Gasteiger partial charge in [0.05, 0.1) is 25.5 Å².